The maximum absolute atomic E-state index is 13.0. The molecule has 1 rings (SSSR count). The Morgan fingerprint density at radius 1 is 1.54 bits per heavy atom. The summed E-state index contributed by atoms with van der Waals surface area (Å²) in [6.07, 6.45) is 2.76. The van der Waals surface area contributed by atoms with Crippen LogP contribution in [0.15, 0.2) is 16.7 Å². The van der Waals surface area contributed by atoms with E-state index >= 15 is 0 Å². The van der Waals surface area contributed by atoms with Crippen LogP contribution in [0, 0.1) is 5.82 Å². The van der Waals surface area contributed by atoms with Crippen molar-refractivity contribution in [2.45, 2.75) is 38.6 Å². The number of halogens is 2. The molecule has 0 bridgehead atoms. The van der Waals surface area contributed by atoms with Gasteiger partial charge in [-0.15, -0.1) is 0 Å². The Hall–Kier alpha value is -0.100. The number of carbonyl (C=O) groups excluding carboxylic acids is 1. The Kier molecular flexibility index (Phi) is 10.1. The summed E-state index contributed by atoms with van der Waals surface area (Å²) >= 11 is 3.04. The SMILES string of the molecule is CCCC[C@](C)(COS(=O)(=O)[O-])NC(=O)c1ncc(F)cc1Br.[Na+]. The maximum Gasteiger partial charge on any atom is 1.00 e. The van der Waals surface area contributed by atoms with Crippen LogP contribution in [0.25, 0.3) is 0 Å². The molecule has 130 valence electrons. The molecule has 11 heteroatoms. The van der Waals surface area contributed by atoms with Crippen LogP contribution in [0.2, 0.25) is 0 Å². The van der Waals surface area contributed by atoms with Gasteiger partial charge in [-0.1, -0.05) is 19.8 Å². The van der Waals surface area contributed by atoms with Crippen molar-refractivity contribution in [3.05, 3.63) is 28.2 Å². The third-order valence-corrected chi connectivity index (χ3v) is 4.05. The molecule has 0 radical (unpaired) electrons. The van der Waals surface area contributed by atoms with E-state index in [-0.39, 0.29) is 39.7 Å². The van der Waals surface area contributed by atoms with Gasteiger partial charge in [0.2, 0.25) is 10.4 Å². The minimum Gasteiger partial charge on any atom is -0.726 e. The van der Waals surface area contributed by atoms with Crippen LogP contribution in [0.1, 0.15) is 43.6 Å². The zero-order chi connectivity index (χ0) is 17.7. The first kappa shape index (κ1) is 23.9. The van der Waals surface area contributed by atoms with E-state index in [0.29, 0.717) is 12.8 Å². The van der Waals surface area contributed by atoms with Gasteiger partial charge in [-0.2, -0.15) is 0 Å². The third kappa shape index (κ3) is 8.32. The van der Waals surface area contributed by atoms with Gasteiger partial charge < -0.3 is 9.87 Å². The number of amides is 1. The molecular weight excluding hydrogens is 418 g/mol. The summed E-state index contributed by atoms with van der Waals surface area (Å²) in [5, 5.41) is 2.60. The Labute approximate surface area is 171 Å². The fraction of sp³-hybridized carbons (Fsp3) is 0.538. The molecule has 1 atom stereocenters. The summed E-state index contributed by atoms with van der Waals surface area (Å²) in [5.41, 5.74) is -1.14. The normalized spacial score (nSPS) is 13.7. The van der Waals surface area contributed by atoms with Gasteiger partial charge in [0.15, 0.2) is 0 Å². The molecule has 1 heterocycles. The van der Waals surface area contributed by atoms with Gasteiger partial charge >= 0.3 is 29.6 Å². The smallest absolute Gasteiger partial charge is 0.726 e. The van der Waals surface area contributed by atoms with Gasteiger partial charge in [-0.3, -0.25) is 8.98 Å². The summed E-state index contributed by atoms with van der Waals surface area (Å²) in [7, 11) is -4.87. The molecule has 0 aromatic carbocycles. The van der Waals surface area contributed by atoms with Crippen LogP contribution in [0.4, 0.5) is 4.39 Å². The van der Waals surface area contributed by atoms with Crippen molar-refractivity contribution in [2.75, 3.05) is 6.61 Å². The second kappa shape index (κ2) is 10.1. The first-order valence-corrected chi connectivity index (χ1v) is 8.93. The average molecular weight is 435 g/mol. The van der Waals surface area contributed by atoms with E-state index in [1.165, 1.54) is 0 Å². The monoisotopic (exact) mass is 434 g/mol. The van der Waals surface area contributed by atoms with Crippen molar-refractivity contribution in [3.63, 3.8) is 0 Å². The van der Waals surface area contributed by atoms with E-state index < -0.39 is 34.3 Å². The van der Waals surface area contributed by atoms with Crippen LogP contribution in [0.3, 0.4) is 0 Å². The summed E-state index contributed by atoms with van der Waals surface area (Å²) in [4.78, 5) is 16.0. The van der Waals surface area contributed by atoms with Crippen molar-refractivity contribution in [1.82, 2.24) is 10.3 Å². The van der Waals surface area contributed by atoms with Gasteiger partial charge in [-0.05, 0) is 35.3 Å². The minimum atomic E-state index is -4.87. The number of pyridine rings is 1. The number of unbranched alkanes of at least 4 members (excludes halogenated alkanes) is 1. The Balaban J connectivity index is 0.00000529. The molecule has 0 unspecified atom stereocenters. The molecule has 0 spiro atoms. The average Bonchev–Trinajstić information content (AvgIpc) is 2.42. The zero-order valence-corrected chi connectivity index (χ0v) is 18.0. The summed E-state index contributed by atoms with van der Waals surface area (Å²) in [6.45, 7) is 2.98. The molecular formula is C13H17BrFN2NaO5S. The summed E-state index contributed by atoms with van der Waals surface area (Å²) < 4.78 is 49.4. The van der Waals surface area contributed by atoms with E-state index in [1.54, 1.807) is 6.92 Å². The Morgan fingerprint density at radius 2 is 2.17 bits per heavy atom. The number of rotatable bonds is 8. The van der Waals surface area contributed by atoms with Gasteiger partial charge in [-0.25, -0.2) is 17.8 Å². The third-order valence-electron chi connectivity index (χ3n) is 3.04. The molecule has 1 amide bonds. The first-order valence-electron chi connectivity index (χ1n) is 6.80. The van der Waals surface area contributed by atoms with Crippen LogP contribution in [0.5, 0.6) is 0 Å². The topological polar surface area (TPSA) is 108 Å². The van der Waals surface area contributed by atoms with Crippen LogP contribution in [-0.2, 0) is 14.6 Å². The number of hydrogen-bond acceptors (Lipinski definition) is 6. The van der Waals surface area contributed by atoms with Crippen LogP contribution < -0.4 is 34.9 Å². The van der Waals surface area contributed by atoms with E-state index in [9.17, 15) is 22.2 Å². The minimum absolute atomic E-state index is 0. The second-order valence-corrected chi connectivity index (χ2v) is 7.18. The van der Waals surface area contributed by atoms with Crippen molar-refractivity contribution >= 4 is 32.2 Å². The number of hydrogen-bond donors (Lipinski definition) is 1. The molecule has 1 N–H and O–H groups in total. The fourth-order valence-corrected chi connectivity index (χ4v) is 2.76. The van der Waals surface area contributed by atoms with E-state index in [0.717, 1.165) is 18.7 Å². The first-order chi connectivity index (χ1) is 10.6. The van der Waals surface area contributed by atoms with Crippen molar-refractivity contribution in [3.8, 4) is 0 Å². The van der Waals surface area contributed by atoms with Gasteiger partial charge in [0.1, 0.15) is 11.5 Å². The van der Waals surface area contributed by atoms with Gasteiger partial charge in [0.05, 0.1) is 22.8 Å². The van der Waals surface area contributed by atoms with Gasteiger partial charge in [0, 0.05) is 0 Å². The largest absolute Gasteiger partial charge is 1.00 e. The van der Waals surface area contributed by atoms with Crippen LogP contribution >= 0.6 is 15.9 Å². The zero-order valence-electron chi connectivity index (χ0n) is 13.6. The molecule has 0 aliphatic carbocycles. The molecule has 24 heavy (non-hydrogen) atoms. The molecule has 0 saturated carbocycles. The predicted octanol–water partition coefficient (Wildman–Crippen LogP) is -0.857. The molecule has 1 aromatic rings. The standard InChI is InChI=1S/C13H18BrFN2O5S.Na/c1-3-4-5-13(2,8-22-23(19,20)21)17-12(18)11-10(14)6-9(15)7-16-11;/h6-7H,3-5,8H2,1-2H3,(H,17,18)(H,19,20,21);/q;+1/p-1/t13-;/m1./s1. The molecule has 7 nitrogen and oxygen atoms in total. The summed E-state index contributed by atoms with van der Waals surface area (Å²) in [5.74, 6) is -1.25. The number of carbonyl (C=O) groups is 1. The van der Waals surface area contributed by atoms with Crippen molar-refractivity contribution in [1.29, 1.82) is 0 Å². The van der Waals surface area contributed by atoms with E-state index in [4.69, 9.17) is 0 Å². The van der Waals surface area contributed by atoms with E-state index in [1.807, 2.05) is 6.92 Å². The van der Waals surface area contributed by atoms with E-state index in [2.05, 4.69) is 30.4 Å². The maximum atomic E-state index is 13.0. The van der Waals surface area contributed by atoms with Crippen molar-refractivity contribution < 1.29 is 55.9 Å². The summed E-state index contributed by atoms with van der Waals surface area (Å²) in [6, 6.07) is 1.09. The molecule has 0 fully saturated rings. The Morgan fingerprint density at radius 3 is 2.67 bits per heavy atom. The molecule has 0 aliphatic rings. The predicted molar refractivity (Wildman–Crippen MR) is 82.9 cm³/mol. The number of aromatic nitrogens is 1. The van der Waals surface area contributed by atoms with Crippen LogP contribution in [-0.4, -0.2) is 36.0 Å². The van der Waals surface area contributed by atoms with Crippen molar-refractivity contribution in [2.24, 2.45) is 0 Å². The molecule has 0 aliphatic heterocycles. The quantitative estimate of drug-likeness (QED) is 0.324. The molecule has 1 aromatic heterocycles. The Bertz CT molecular complexity index is 676. The molecule has 0 saturated heterocycles. The van der Waals surface area contributed by atoms with Gasteiger partial charge in [0.25, 0.3) is 5.91 Å². The fourth-order valence-electron chi connectivity index (χ4n) is 1.85. The second-order valence-electron chi connectivity index (χ2n) is 5.27. The number of nitrogens with zero attached hydrogens (tertiary/aromatic N) is 1. The number of nitrogens with one attached hydrogen (secondary N) is 1.